The summed E-state index contributed by atoms with van der Waals surface area (Å²) in [5.41, 5.74) is 1.50. The number of piperazine rings is 1. The summed E-state index contributed by atoms with van der Waals surface area (Å²) in [6.45, 7) is 11.9. The van der Waals surface area contributed by atoms with E-state index >= 15 is 0 Å². The molecule has 1 atom stereocenters. The summed E-state index contributed by atoms with van der Waals surface area (Å²) < 4.78 is 0. The molecule has 0 aliphatic carbocycles. The van der Waals surface area contributed by atoms with Crippen molar-refractivity contribution in [2.75, 3.05) is 51.1 Å². The van der Waals surface area contributed by atoms with Gasteiger partial charge in [-0.05, 0) is 41.7 Å². The fourth-order valence-electron chi connectivity index (χ4n) is 5.65. The van der Waals surface area contributed by atoms with Gasteiger partial charge in [-0.1, -0.05) is 62.2 Å². The molecular weight excluding hydrogens is 549 g/mol. The number of amides is 4. The van der Waals surface area contributed by atoms with Crippen molar-refractivity contribution < 1.29 is 14.4 Å². The Kier molecular flexibility index (Phi) is 9.33. The van der Waals surface area contributed by atoms with E-state index in [2.05, 4.69) is 36.3 Å². The second kappa shape index (κ2) is 12.4. The van der Waals surface area contributed by atoms with Crippen molar-refractivity contribution in [1.82, 2.24) is 20.0 Å². The van der Waals surface area contributed by atoms with Gasteiger partial charge in [-0.15, -0.1) is 0 Å². The van der Waals surface area contributed by atoms with Gasteiger partial charge in [0.1, 0.15) is 5.54 Å². The molecule has 2 heterocycles. The number of fused-ring (bicyclic) bond motifs is 1. The van der Waals surface area contributed by atoms with Crippen LogP contribution in [0.25, 0.3) is 0 Å². The molecule has 0 saturated carbocycles. The number of hydrogen-bond acceptors (Lipinski definition) is 4. The highest BCUT2D eigenvalue weighted by molar-refractivity contribution is 6.31. The third-order valence-electron chi connectivity index (χ3n) is 7.50. The number of halogens is 2. The Morgan fingerprint density at radius 3 is 2.35 bits per heavy atom. The average molecular weight is 589 g/mol. The van der Waals surface area contributed by atoms with Crippen LogP contribution in [0.4, 0.5) is 10.5 Å². The minimum absolute atomic E-state index is 0.0329. The minimum Gasteiger partial charge on any atom is -0.339 e. The standard InChI is InChI=1S/C30H39Cl2N5O3/c1-21(38)35-13-15-36(16-14-35)28(40)33-11-6-12-37(20-29(2,3)4)30(19-22-7-5-8-23(31)17-22)25-10-9-24(32)18-26(25)34-27(30)39/h5,7-10,17-18H,6,11-16,19-20H2,1-4H3,(H,33,40)(H,34,39). The summed E-state index contributed by atoms with van der Waals surface area (Å²) in [5.74, 6) is -0.0631. The van der Waals surface area contributed by atoms with Gasteiger partial charge in [0.05, 0.1) is 0 Å². The number of nitrogens with zero attached hydrogens (tertiary/aromatic N) is 3. The van der Waals surface area contributed by atoms with Crippen molar-refractivity contribution in [3.05, 3.63) is 63.6 Å². The molecule has 40 heavy (non-hydrogen) atoms. The Bertz CT molecular complexity index is 1260. The zero-order chi connectivity index (χ0) is 29.1. The first-order chi connectivity index (χ1) is 18.9. The fourth-order valence-corrected chi connectivity index (χ4v) is 6.04. The Balaban J connectivity index is 1.54. The summed E-state index contributed by atoms with van der Waals surface area (Å²) in [7, 11) is 0. The summed E-state index contributed by atoms with van der Waals surface area (Å²) >= 11 is 12.6. The first-order valence-electron chi connectivity index (χ1n) is 13.8. The summed E-state index contributed by atoms with van der Waals surface area (Å²) in [6.07, 6.45) is 1.10. The van der Waals surface area contributed by atoms with Gasteiger partial charge < -0.3 is 20.4 Å². The maximum Gasteiger partial charge on any atom is 0.317 e. The molecule has 2 aromatic rings. The van der Waals surface area contributed by atoms with Gasteiger partial charge in [-0.3, -0.25) is 14.5 Å². The van der Waals surface area contributed by atoms with Crippen molar-refractivity contribution in [2.45, 2.75) is 46.1 Å². The molecule has 0 bridgehead atoms. The summed E-state index contributed by atoms with van der Waals surface area (Å²) in [5, 5.41) is 7.31. The number of benzene rings is 2. The van der Waals surface area contributed by atoms with E-state index in [1.54, 1.807) is 22.8 Å². The van der Waals surface area contributed by atoms with Crippen molar-refractivity contribution in [3.63, 3.8) is 0 Å². The van der Waals surface area contributed by atoms with Crippen LogP contribution in [0.2, 0.25) is 10.0 Å². The lowest BCUT2D eigenvalue weighted by atomic mass is 9.81. The van der Waals surface area contributed by atoms with Gasteiger partial charge in [0.2, 0.25) is 11.8 Å². The maximum absolute atomic E-state index is 14.0. The molecule has 8 nitrogen and oxygen atoms in total. The molecule has 2 aliphatic rings. The molecule has 0 spiro atoms. The van der Waals surface area contributed by atoms with Crippen LogP contribution in [0.15, 0.2) is 42.5 Å². The molecule has 0 radical (unpaired) electrons. The van der Waals surface area contributed by atoms with E-state index in [1.165, 1.54) is 0 Å². The number of anilines is 1. The largest absolute Gasteiger partial charge is 0.339 e. The summed E-state index contributed by atoms with van der Waals surface area (Å²) in [6, 6.07) is 13.1. The van der Waals surface area contributed by atoms with Crippen LogP contribution in [0.3, 0.4) is 0 Å². The second-order valence-corrected chi connectivity index (χ2v) is 12.7. The molecular formula is C30H39Cl2N5O3. The first kappa shape index (κ1) is 30.2. The second-order valence-electron chi connectivity index (χ2n) is 11.9. The monoisotopic (exact) mass is 587 g/mol. The number of rotatable bonds is 8. The van der Waals surface area contributed by atoms with E-state index in [0.717, 1.165) is 16.8 Å². The van der Waals surface area contributed by atoms with E-state index in [0.29, 0.717) is 68.7 Å². The van der Waals surface area contributed by atoms with Gasteiger partial charge >= 0.3 is 6.03 Å². The van der Waals surface area contributed by atoms with Crippen LogP contribution < -0.4 is 10.6 Å². The predicted molar refractivity (Wildman–Crippen MR) is 160 cm³/mol. The van der Waals surface area contributed by atoms with E-state index in [1.807, 2.05) is 36.4 Å². The van der Waals surface area contributed by atoms with E-state index in [-0.39, 0.29) is 23.3 Å². The van der Waals surface area contributed by atoms with Gasteiger partial charge in [0.15, 0.2) is 0 Å². The Hall–Kier alpha value is -2.81. The molecule has 10 heteroatoms. The number of carbonyl (C=O) groups is 3. The highest BCUT2D eigenvalue weighted by atomic mass is 35.5. The molecule has 0 aromatic heterocycles. The molecule has 2 N–H and O–H groups in total. The van der Waals surface area contributed by atoms with E-state index < -0.39 is 5.54 Å². The predicted octanol–water partition coefficient (Wildman–Crippen LogP) is 5.00. The van der Waals surface area contributed by atoms with Crippen molar-refractivity contribution in [1.29, 1.82) is 0 Å². The van der Waals surface area contributed by atoms with Gasteiger partial charge in [-0.2, -0.15) is 0 Å². The zero-order valence-electron chi connectivity index (χ0n) is 23.7. The number of carbonyl (C=O) groups excluding carboxylic acids is 3. The molecule has 2 aliphatic heterocycles. The van der Waals surface area contributed by atoms with Crippen LogP contribution in [0.1, 0.15) is 45.2 Å². The molecule has 4 amide bonds. The lowest BCUT2D eigenvalue weighted by molar-refractivity contribution is -0.130. The number of hydrogen-bond donors (Lipinski definition) is 2. The van der Waals surface area contributed by atoms with Crippen molar-refractivity contribution in [2.24, 2.45) is 5.41 Å². The van der Waals surface area contributed by atoms with Gasteiger partial charge in [0.25, 0.3) is 0 Å². The lowest BCUT2D eigenvalue weighted by Gasteiger charge is -2.43. The van der Waals surface area contributed by atoms with Gasteiger partial charge in [-0.25, -0.2) is 4.79 Å². The Morgan fingerprint density at radius 2 is 1.70 bits per heavy atom. The number of urea groups is 1. The smallest absolute Gasteiger partial charge is 0.317 e. The van der Waals surface area contributed by atoms with Gasteiger partial charge in [0, 0.05) is 80.5 Å². The SMILES string of the molecule is CC(=O)N1CCN(C(=O)NCCCN(CC(C)(C)C)C2(Cc3cccc(Cl)c3)C(=O)Nc3cc(Cl)ccc32)CC1. The van der Waals surface area contributed by atoms with Crippen LogP contribution in [-0.4, -0.2) is 78.4 Å². The normalized spacial score (nSPS) is 19.0. The Morgan fingerprint density at radius 1 is 1.02 bits per heavy atom. The van der Waals surface area contributed by atoms with E-state index in [4.69, 9.17) is 23.2 Å². The van der Waals surface area contributed by atoms with Crippen molar-refractivity contribution in [3.8, 4) is 0 Å². The lowest BCUT2D eigenvalue weighted by Crippen LogP contribution is -2.56. The molecule has 1 fully saturated rings. The molecule has 1 saturated heterocycles. The van der Waals surface area contributed by atoms with Crippen LogP contribution in [0, 0.1) is 5.41 Å². The third kappa shape index (κ3) is 6.90. The Labute approximate surface area is 247 Å². The molecule has 4 rings (SSSR count). The minimum atomic E-state index is -0.967. The first-order valence-corrected chi connectivity index (χ1v) is 14.5. The van der Waals surface area contributed by atoms with Crippen LogP contribution in [0.5, 0.6) is 0 Å². The third-order valence-corrected chi connectivity index (χ3v) is 7.97. The quantitative estimate of drug-likeness (QED) is 0.426. The molecule has 2 aromatic carbocycles. The molecule has 216 valence electrons. The zero-order valence-corrected chi connectivity index (χ0v) is 25.2. The van der Waals surface area contributed by atoms with Crippen LogP contribution >= 0.6 is 23.2 Å². The topological polar surface area (TPSA) is 85.0 Å². The average Bonchev–Trinajstić information content (AvgIpc) is 3.15. The number of nitrogens with one attached hydrogen (secondary N) is 2. The maximum atomic E-state index is 14.0. The highest BCUT2D eigenvalue weighted by Crippen LogP contribution is 2.45. The van der Waals surface area contributed by atoms with Crippen LogP contribution in [-0.2, 0) is 21.5 Å². The fraction of sp³-hybridized carbons (Fsp3) is 0.500. The highest BCUT2D eigenvalue weighted by Gasteiger charge is 2.51. The van der Waals surface area contributed by atoms with E-state index in [9.17, 15) is 14.4 Å². The summed E-state index contributed by atoms with van der Waals surface area (Å²) in [4.78, 5) is 44.1. The molecule has 1 unspecified atom stereocenters. The van der Waals surface area contributed by atoms with Crippen molar-refractivity contribution >= 4 is 46.7 Å².